The van der Waals surface area contributed by atoms with Gasteiger partial charge in [-0.25, -0.2) is 4.99 Å². The molecule has 2 aliphatic rings. The molecule has 3 heteroatoms. The quantitative estimate of drug-likeness (QED) is 0.763. The highest BCUT2D eigenvalue weighted by atomic mass is 32.1. The molecule has 2 atom stereocenters. The summed E-state index contributed by atoms with van der Waals surface area (Å²) in [7, 11) is 0. The molecular weight excluding hydrogens is 242 g/mol. The number of benzene rings is 1. The highest BCUT2D eigenvalue weighted by molar-refractivity contribution is 7.10. The Labute approximate surface area is 110 Å². The minimum atomic E-state index is -0.173. The van der Waals surface area contributed by atoms with Gasteiger partial charge in [0.25, 0.3) is 0 Å². The normalized spacial score (nSPS) is 28.5. The number of hydrogen-bond donors (Lipinski definition) is 0. The first-order valence-corrected chi connectivity index (χ1v) is 7.03. The monoisotopic (exact) mass is 255 g/mol. The van der Waals surface area contributed by atoms with Crippen LogP contribution in [0.1, 0.15) is 29.0 Å². The van der Waals surface area contributed by atoms with Crippen molar-refractivity contribution >= 4 is 17.2 Å². The van der Waals surface area contributed by atoms with E-state index < -0.39 is 0 Å². The van der Waals surface area contributed by atoms with Crippen molar-refractivity contribution in [1.82, 2.24) is 0 Å². The Hall–Kier alpha value is -1.61. The minimum absolute atomic E-state index is 0.173. The van der Waals surface area contributed by atoms with E-state index >= 15 is 0 Å². The molecule has 90 valence electrons. The summed E-state index contributed by atoms with van der Waals surface area (Å²) in [6.07, 6.45) is 0.969. The molecule has 1 aliphatic heterocycles. The van der Waals surface area contributed by atoms with Gasteiger partial charge in [-0.15, -0.1) is 11.3 Å². The van der Waals surface area contributed by atoms with E-state index in [4.69, 9.17) is 9.73 Å². The molecule has 18 heavy (non-hydrogen) atoms. The van der Waals surface area contributed by atoms with E-state index in [2.05, 4.69) is 30.5 Å². The predicted molar refractivity (Wildman–Crippen MR) is 73.2 cm³/mol. The Bertz CT molecular complexity index is 631. The molecule has 0 fully saturated rings. The van der Waals surface area contributed by atoms with Crippen molar-refractivity contribution in [2.24, 2.45) is 4.99 Å². The second-order valence-corrected chi connectivity index (χ2v) is 6.05. The smallest absolute Gasteiger partial charge is 0.217 e. The third kappa shape index (κ3) is 1.31. The van der Waals surface area contributed by atoms with E-state index in [1.807, 2.05) is 18.2 Å². The molecule has 0 radical (unpaired) electrons. The largest absolute Gasteiger partial charge is 0.468 e. The van der Waals surface area contributed by atoms with E-state index in [-0.39, 0.29) is 11.6 Å². The number of ether oxygens (including phenoxy) is 1. The van der Waals surface area contributed by atoms with Gasteiger partial charge in [-0.1, -0.05) is 18.2 Å². The first-order chi connectivity index (χ1) is 8.76. The van der Waals surface area contributed by atoms with Crippen molar-refractivity contribution in [1.29, 1.82) is 0 Å². The van der Waals surface area contributed by atoms with Crippen LogP contribution in [-0.4, -0.2) is 11.5 Å². The topological polar surface area (TPSA) is 21.6 Å². The zero-order chi connectivity index (χ0) is 12.2. The fraction of sp³-hybridized carbons (Fsp3) is 0.267. The summed E-state index contributed by atoms with van der Waals surface area (Å²) in [5.74, 6) is 0.794. The van der Waals surface area contributed by atoms with E-state index in [1.165, 1.54) is 10.4 Å². The zero-order valence-corrected chi connectivity index (χ0v) is 10.9. The van der Waals surface area contributed by atoms with Gasteiger partial charge in [0, 0.05) is 16.9 Å². The summed E-state index contributed by atoms with van der Waals surface area (Å²) in [4.78, 5) is 6.19. The summed E-state index contributed by atoms with van der Waals surface area (Å²) < 4.78 is 6.16. The zero-order valence-electron chi connectivity index (χ0n) is 10.1. The highest BCUT2D eigenvalue weighted by Gasteiger charge is 2.50. The Kier molecular flexibility index (Phi) is 1.98. The number of rotatable bonds is 1. The number of thiophene rings is 1. The van der Waals surface area contributed by atoms with Crippen molar-refractivity contribution in [3.8, 4) is 0 Å². The van der Waals surface area contributed by atoms with Gasteiger partial charge in [0.15, 0.2) is 0 Å². The fourth-order valence-electron chi connectivity index (χ4n) is 2.85. The molecule has 1 aliphatic carbocycles. The highest BCUT2D eigenvalue weighted by Crippen LogP contribution is 2.50. The average molecular weight is 255 g/mol. The molecule has 0 amide bonds. The van der Waals surface area contributed by atoms with Gasteiger partial charge in [0.05, 0.1) is 0 Å². The third-order valence-corrected chi connectivity index (χ3v) is 4.76. The van der Waals surface area contributed by atoms with Crippen LogP contribution in [0.5, 0.6) is 0 Å². The molecule has 2 aromatic rings. The van der Waals surface area contributed by atoms with Crippen molar-refractivity contribution < 1.29 is 4.74 Å². The summed E-state index contributed by atoms with van der Waals surface area (Å²) in [6, 6.07) is 12.5. The number of fused-ring (bicyclic) bond motifs is 3. The average Bonchev–Trinajstić information content (AvgIpc) is 2.99. The van der Waals surface area contributed by atoms with E-state index in [0.29, 0.717) is 0 Å². The van der Waals surface area contributed by atoms with Crippen molar-refractivity contribution in [2.45, 2.75) is 25.0 Å². The first kappa shape index (κ1) is 10.3. The SMILES string of the molecule is C[C@@]12Cc3ccsc3[C@@H]1N=C(c1ccccc1)O2. The third-order valence-electron chi connectivity index (χ3n) is 3.75. The van der Waals surface area contributed by atoms with Crippen LogP contribution in [0.15, 0.2) is 46.8 Å². The van der Waals surface area contributed by atoms with E-state index in [1.54, 1.807) is 11.3 Å². The van der Waals surface area contributed by atoms with Crippen molar-refractivity contribution in [3.05, 3.63) is 57.8 Å². The van der Waals surface area contributed by atoms with E-state index in [0.717, 1.165) is 17.9 Å². The van der Waals surface area contributed by atoms with Crippen LogP contribution in [0.25, 0.3) is 0 Å². The van der Waals surface area contributed by atoms with Gasteiger partial charge < -0.3 is 4.74 Å². The lowest BCUT2D eigenvalue weighted by atomic mass is 10.0. The second-order valence-electron chi connectivity index (χ2n) is 5.10. The summed E-state index contributed by atoms with van der Waals surface area (Å²) in [5.41, 5.74) is 2.31. The molecule has 0 N–H and O–H groups in total. The van der Waals surface area contributed by atoms with Crippen LogP contribution in [0.4, 0.5) is 0 Å². The molecular formula is C15H13NOS. The van der Waals surface area contributed by atoms with Gasteiger partial charge in [0.2, 0.25) is 5.90 Å². The van der Waals surface area contributed by atoms with Gasteiger partial charge in [-0.05, 0) is 36.1 Å². The number of aliphatic imine (C=N–C) groups is 1. The standard InChI is InChI=1S/C15H13NOS/c1-15-9-11-7-8-18-12(11)13(15)16-14(17-15)10-5-3-2-4-6-10/h2-8,13H,9H2,1H3/t13-,15+/m0/s1. The molecule has 1 aromatic carbocycles. The molecule has 2 nitrogen and oxygen atoms in total. The Morgan fingerprint density at radius 2 is 2.11 bits per heavy atom. The van der Waals surface area contributed by atoms with Crippen LogP contribution < -0.4 is 0 Å². The maximum absolute atomic E-state index is 6.16. The predicted octanol–water partition coefficient (Wildman–Crippen LogP) is 3.58. The molecule has 0 bridgehead atoms. The molecule has 0 unspecified atom stereocenters. The van der Waals surface area contributed by atoms with Crippen molar-refractivity contribution in [2.75, 3.05) is 0 Å². The number of nitrogens with zero attached hydrogens (tertiary/aromatic N) is 1. The molecule has 4 rings (SSSR count). The molecule has 0 saturated carbocycles. The summed E-state index contributed by atoms with van der Waals surface area (Å²) in [5, 5.41) is 2.15. The van der Waals surface area contributed by atoms with Crippen LogP contribution in [-0.2, 0) is 11.2 Å². The first-order valence-electron chi connectivity index (χ1n) is 6.15. The Morgan fingerprint density at radius 1 is 1.28 bits per heavy atom. The van der Waals surface area contributed by atoms with Gasteiger partial charge in [-0.3, -0.25) is 0 Å². The van der Waals surface area contributed by atoms with Crippen LogP contribution in [0, 0.1) is 0 Å². The lowest BCUT2D eigenvalue weighted by molar-refractivity contribution is 0.0896. The molecule has 0 spiro atoms. The fourth-order valence-corrected chi connectivity index (χ4v) is 3.95. The summed E-state index contributed by atoms with van der Waals surface area (Å²) in [6.45, 7) is 2.17. The molecule has 1 aromatic heterocycles. The Balaban J connectivity index is 1.78. The number of hydrogen-bond acceptors (Lipinski definition) is 3. The maximum atomic E-state index is 6.16. The van der Waals surface area contributed by atoms with Gasteiger partial charge in [-0.2, -0.15) is 0 Å². The van der Waals surface area contributed by atoms with Gasteiger partial charge >= 0.3 is 0 Å². The lowest BCUT2D eigenvalue weighted by Gasteiger charge is -2.22. The second kappa shape index (κ2) is 3.45. The lowest BCUT2D eigenvalue weighted by Crippen LogP contribution is -2.29. The minimum Gasteiger partial charge on any atom is -0.468 e. The maximum Gasteiger partial charge on any atom is 0.217 e. The Morgan fingerprint density at radius 3 is 2.94 bits per heavy atom. The van der Waals surface area contributed by atoms with Crippen molar-refractivity contribution in [3.63, 3.8) is 0 Å². The molecule has 0 saturated heterocycles. The van der Waals surface area contributed by atoms with Crippen LogP contribution in [0.2, 0.25) is 0 Å². The molecule has 2 heterocycles. The van der Waals surface area contributed by atoms with Gasteiger partial charge in [0.1, 0.15) is 11.6 Å². The van der Waals surface area contributed by atoms with Crippen LogP contribution >= 0.6 is 11.3 Å². The van der Waals surface area contributed by atoms with Crippen LogP contribution in [0.3, 0.4) is 0 Å². The summed E-state index contributed by atoms with van der Waals surface area (Å²) >= 11 is 1.80. The van der Waals surface area contributed by atoms with E-state index in [9.17, 15) is 0 Å².